The highest BCUT2D eigenvalue weighted by molar-refractivity contribution is 5.96. The van der Waals surface area contributed by atoms with Crippen molar-refractivity contribution in [1.82, 2.24) is 4.90 Å². The number of ether oxygens (including phenoxy) is 1. The van der Waals surface area contributed by atoms with Crippen molar-refractivity contribution in [2.24, 2.45) is 11.7 Å². The van der Waals surface area contributed by atoms with E-state index in [2.05, 4.69) is 11.4 Å². The lowest BCUT2D eigenvalue weighted by molar-refractivity contribution is -0.121. The number of rotatable bonds is 6. The Morgan fingerprint density at radius 1 is 1.13 bits per heavy atom. The number of benzene rings is 2. The molecule has 6 nitrogen and oxygen atoms in total. The molecule has 2 aromatic rings. The van der Waals surface area contributed by atoms with Crippen molar-refractivity contribution >= 4 is 29.9 Å². The van der Waals surface area contributed by atoms with E-state index in [4.69, 9.17) is 10.5 Å². The first-order valence-corrected chi connectivity index (χ1v) is 10.1. The van der Waals surface area contributed by atoms with E-state index in [0.29, 0.717) is 37.5 Å². The van der Waals surface area contributed by atoms with Gasteiger partial charge >= 0.3 is 0 Å². The zero-order chi connectivity index (χ0) is 20.8. The van der Waals surface area contributed by atoms with Crippen LogP contribution in [0.4, 0.5) is 5.69 Å². The number of nitrogens with two attached hydrogens (primary N) is 1. The minimum absolute atomic E-state index is 0. The molecule has 0 spiro atoms. The molecule has 1 heterocycles. The second kappa shape index (κ2) is 11.0. The summed E-state index contributed by atoms with van der Waals surface area (Å²) in [5.41, 5.74) is 8.97. The van der Waals surface area contributed by atoms with Gasteiger partial charge in [0.2, 0.25) is 5.91 Å². The lowest BCUT2D eigenvalue weighted by atomic mass is 9.96. The maximum absolute atomic E-state index is 12.9. The highest BCUT2D eigenvalue weighted by Gasteiger charge is 2.29. The van der Waals surface area contributed by atoms with Crippen LogP contribution in [0.2, 0.25) is 0 Å². The minimum Gasteiger partial charge on any atom is -0.492 e. The summed E-state index contributed by atoms with van der Waals surface area (Å²) in [4.78, 5) is 27.5. The lowest BCUT2D eigenvalue weighted by Crippen LogP contribution is -2.43. The fourth-order valence-electron chi connectivity index (χ4n) is 3.71. The number of carbonyl (C=O) groups is 2. The molecule has 162 valence electrons. The lowest BCUT2D eigenvalue weighted by Gasteiger charge is -2.32. The van der Waals surface area contributed by atoms with E-state index in [0.717, 1.165) is 29.7 Å². The van der Waals surface area contributed by atoms with Gasteiger partial charge < -0.3 is 20.7 Å². The molecule has 2 aromatic carbocycles. The summed E-state index contributed by atoms with van der Waals surface area (Å²) in [5.74, 6) is 0.442. The van der Waals surface area contributed by atoms with Crippen LogP contribution in [0, 0.1) is 19.8 Å². The van der Waals surface area contributed by atoms with Gasteiger partial charge in [-0.15, -0.1) is 12.4 Å². The molecule has 0 bridgehead atoms. The van der Waals surface area contributed by atoms with Crippen LogP contribution >= 0.6 is 12.4 Å². The van der Waals surface area contributed by atoms with Gasteiger partial charge in [-0.05, 0) is 63.1 Å². The van der Waals surface area contributed by atoms with Crippen molar-refractivity contribution in [3.8, 4) is 5.75 Å². The third kappa shape index (κ3) is 6.21. The Morgan fingerprint density at radius 3 is 2.43 bits per heavy atom. The molecule has 1 saturated heterocycles. The van der Waals surface area contributed by atoms with Crippen molar-refractivity contribution in [2.45, 2.75) is 26.7 Å². The van der Waals surface area contributed by atoms with Gasteiger partial charge in [0, 0.05) is 30.9 Å². The molecule has 3 rings (SSSR count). The first kappa shape index (κ1) is 23.7. The topological polar surface area (TPSA) is 84.7 Å². The summed E-state index contributed by atoms with van der Waals surface area (Å²) in [6.07, 6.45) is 1.60. The zero-order valence-corrected chi connectivity index (χ0v) is 18.3. The van der Waals surface area contributed by atoms with E-state index in [1.54, 1.807) is 4.90 Å². The highest BCUT2D eigenvalue weighted by atomic mass is 35.5. The molecule has 7 heteroatoms. The van der Waals surface area contributed by atoms with E-state index in [1.165, 1.54) is 0 Å². The molecule has 2 amide bonds. The second-order valence-electron chi connectivity index (χ2n) is 7.62. The van der Waals surface area contributed by atoms with Gasteiger partial charge in [-0.2, -0.15) is 0 Å². The molecule has 1 aliphatic rings. The number of nitrogens with zero attached hydrogens (tertiary/aromatic N) is 1. The molecule has 0 saturated carbocycles. The van der Waals surface area contributed by atoms with Crippen LogP contribution in [0.25, 0.3) is 0 Å². The maximum Gasteiger partial charge on any atom is 0.253 e. The van der Waals surface area contributed by atoms with E-state index in [1.807, 2.05) is 50.2 Å². The van der Waals surface area contributed by atoms with Gasteiger partial charge in [-0.1, -0.05) is 17.2 Å². The summed E-state index contributed by atoms with van der Waals surface area (Å²) >= 11 is 0. The quantitative estimate of drug-likeness (QED) is 0.732. The number of likely N-dealkylation sites (tertiary alicyclic amines) is 1. The van der Waals surface area contributed by atoms with Gasteiger partial charge in [0.15, 0.2) is 0 Å². The first-order valence-electron chi connectivity index (χ1n) is 10.1. The molecule has 3 N–H and O–H groups in total. The molecule has 0 radical (unpaired) electrons. The number of hydrogen-bond donors (Lipinski definition) is 2. The average Bonchev–Trinajstić information content (AvgIpc) is 2.72. The molecule has 30 heavy (non-hydrogen) atoms. The summed E-state index contributed by atoms with van der Waals surface area (Å²) in [6.45, 7) is 6.01. The molecule has 1 aliphatic heterocycles. The molecule has 1 unspecified atom stereocenters. The average molecular weight is 432 g/mol. The van der Waals surface area contributed by atoms with Crippen LogP contribution in [0.1, 0.15) is 34.3 Å². The van der Waals surface area contributed by atoms with E-state index in [9.17, 15) is 9.59 Å². The van der Waals surface area contributed by atoms with Gasteiger partial charge in [0.25, 0.3) is 5.91 Å². The van der Waals surface area contributed by atoms with Gasteiger partial charge in [-0.3, -0.25) is 9.59 Å². The zero-order valence-electron chi connectivity index (χ0n) is 17.5. The molecule has 0 aliphatic carbocycles. The third-order valence-corrected chi connectivity index (χ3v) is 5.06. The molecular formula is C23H30ClN3O3. The Hall–Kier alpha value is -2.57. The number of amides is 2. The van der Waals surface area contributed by atoms with Crippen molar-refractivity contribution in [1.29, 1.82) is 0 Å². The molecule has 1 fully saturated rings. The number of nitrogens with one attached hydrogen (secondary N) is 1. The summed E-state index contributed by atoms with van der Waals surface area (Å²) in [5, 5.41) is 2.96. The van der Waals surface area contributed by atoms with Crippen molar-refractivity contribution in [3.05, 3.63) is 59.2 Å². The van der Waals surface area contributed by atoms with E-state index < -0.39 is 0 Å². The highest BCUT2D eigenvalue weighted by Crippen LogP contribution is 2.22. The Kier molecular flexibility index (Phi) is 8.69. The number of hydrogen-bond acceptors (Lipinski definition) is 4. The van der Waals surface area contributed by atoms with Crippen molar-refractivity contribution in [3.63, 3.8) is 0 Å². The molecular weight excluding hydrogens is 402 g/mol. The number of carbonyl (C=O) groups excluding carboxylic acids is 2. The van der Waals surface area contributed by atoms with Gasteiger partial charge in [0.1, 0.15) is 12.4 Å². The van der Waals surface area contributed by atoms with Crippen LogP contribution in [0.5, 0.6) is 5.75 Å². The Morgan fingerprint density at radius 2 is 1.80 bits per heavy atom. The monoisotopic (exact) mass is 431 g/mol. The van der Waals surface area contributed by atoms with Crippen LogP contribution < -0.4 is 15.8 Å². The maximum atomic E-state index is 12.9. The largest absolute Gasteiger partial charge is 0.492 e. The number of piperidine rings is 1. The summed E-state index contributed by atoms with van der Waals surface area (Å²) in [6, 6.07) is 13.1. The first-order chi connectivity index (χ1) is 14.0. The third-order valence-electron chi connectivity index (χ3n) is 5.06. The van der Waals surface area contributed by atoms with Crippen molar-refractivity contribution in [2.75, 3.05) is 31.6 Å². The fourth-order valence-corrected chi connectivity index (χ4v) is 3.71. The molecule has 0 aromatic heterocycles. The summed E-state index contributed by atoms with van der Waals surface area (Å²) < 4.78 is 5.45. The van der Waals surface area contributed by atoms with Crippen LogP contribution in [-0.4, -0.2) is 43.0 Å². The van der Waals surface area contributed by atoms with Crippen LogP contribution in [-0.2, 0) is 4.79 Å². The standard InChI is InChI=1S/C23H29N3O3.ClH/c1-16-12-17(2)14-19(13-16)23(28)26-10-3-4-18(15-26)22(27)25-20-5-7-21(8-6-20)29-11-9-24;/h5-8,12-14,18H,3-4,9-11,15,24H2,1-2H3,(H,25,27);1H. The SMILES string of the molecule is Cc1cc(C)cc(C(=O)N2CCCC(C(=O)Nc3ccc(OCCN)cc3)C2)c1.Cl. The minimum atomic E-state index is -0.216. The Labute approximate surface area is 184 Å². The summed E-state index contributed by atoms with van der Waals surface area (Å²) in [7, 11) is 0. The number of anilines is 1. The number of aryl methyl sites for hydroxylation is 2. The normalized spacial score (nSPS) is 15.8. The Bertz CT molecular complexity index is 850. The van der Waals surface area contributed by atoms with Crippen LogP contribution in [0.3, 0.4) is 0 Å². The van der Waals surface area contributed by atoms with E-state index >= 15 is 0 Å². The predicted molar refractivity (Wildman–Crippen MR) is 121 cm³/mol. The molecule has 1 atom stereocenters. The second-order valence-corrected chi connectivity index (χ2v) is 7.62. The smallest absolute Gasteiger partial charge is 0.253 e. The van der Waals surface area contributed by atoms with Gasteiger partial charge in [-0.25, -0.2) is 0 Å². The van der Waals surface area contributed by atoms with E-state index in [-0.39, 0.29) is 30.1 Å². The van der Waals surface area contributed by atoms with Crippen molar-refractivity contribution < 1.29 is 14.3 Å². The Balaban J connectivity index is 0.00000320. The van der Waals surface area contributed by atoms with Crippen LogP contribution in [0.15, 0.2) is 42.5 Å². The predicted octanol–water partition coefficient (Wildman–Crippen LogP) is 3.55. The van der Waals surface area contributed by atoms with Gasteiger partial charge in [0.05, 0.1) is 5.92 Å². The fraction of sp³-hybridized carbons (Fsp3) is 0.391. The number of halogens is 1.